The Labute approximate surface area is 194 Å². The molecule has 2 N–H and O–H groups in total. The SMILES string of the molecule is O=C(Cc1ccc(NC(=O)c2cc3ccccc3o2)cc1)Nc1ccc2oc(C3CC3)nc2c1. The van der Waals surface area contributed by atoms with Crippen molar-refractivity contribution in [3.63, 3.8) is 0 Å². The van der Waals surface area contributed by atoms with Gasteiger partial charge in [0.25, 0.3) is 5.91 Å². The number of amides is 2. The zero-order chi connectivity index (χ0) is 23.1. The van der Waals surface area contributed by atoms with Crippen LogP contribution in [0, 0.1) is 0 Å². The van der Waals surface area contributed by atoms with E-state index in [1.54, 1.807) is 18.2 Å². The van der Waals surface area contributed by atoms with Crippen LogP contribution in [0.25, 0.3) is 22.1 Å². The number of carbonyl (C=O) groups excluding carboxylic acids is 2. The van der Waals surface area contributed by atoms with Crippen molar-refractivity contribution in [3.05, 3.63) is 90.0 Å². The number of carbonyl (C=O) groups is 2. The van der Waals surface area contributed by atoms with Crippen molar-refractivity contribution in [2.45, 2.75) is 25.2 Å². The zero-order valence-corrected chi connectivity index (χ0v) is 18.2. The lowest BCUT2D eigenvalue weighted by Crippen LogP contribution is -2.14. The van der Waals surface area contributed by atoms with Gasteiger partial charge in [-0.15, -0.1) is 0 Å². The highest BCUT2D eigenvalue weighted by Crippen LogP contribution is 2.40. The molecule has 0 aliphatic heterocycles. The maximum Gasteiger partial charge on any atom is 0.291 e. The van der Waals surface area contributed by atoms with Crippen molar-refractivity contribution in [2.24, 2.45) is 0 Å². The highest BCUT2D eigenvalue weighted by molar-refractivity contribution is 6.04. The first-order valence-electron chi connectivity index (χ1n) is 11.2. The molecular formula is C27H21N3O4. The predicted molar refractivity (Wildman–Crippen MR) is 129 cm³/mol. The van der Waals surface area contributed by atoms with E-state index in [-0.39, 0.29) is 24.0 Å². The standard InChI is InChI=1S/C27H21N3O4/c31-25(28-20-11-12-23-21(15-20)30-27(34-23)17-7-8-17)13-16-5-9-19(10-6-16)29-26(32)24-14-18-3-1-2-4-22(18)33-24/h1-6,9-12,14-15,17H,7-8,13H2,(H,28,31)(H,29,32). The lowest BCUT2D eigenvalue weighted by molar-refractivity contribution is -0.115. The number of fused-ring (bicyclic) bond motifs is 2. The maximum absolute atomic E-state index is 12.5. The topological polar surface area (TPSA) is 97.4 Å². The van der Waals surface area contributed by atoms with E-state index in [1.807, 2.05) is 54.6 Å². The fraction of sp³-hybridized carbons (Fsp3) is 0.148. The highest BCUT2D eigenvalue weighted by atomic mass is 16.4. The normalized spacial score (nSPS) is 13.3. The van der Waals surface area contributed by atoms with Crippen LogP contribution in [0.5, 0.6) is 0 Å². The molecule has 0 unspecified atom stereocenters. The van der Waals surface area contributed by atoms with Gasteiger partial charge in [0.1, 0.15) is 11.1 Å². The van der Waals surface area contributed by atoms with E-state index in [9.17, 15) is 9.59 Å². The predicted octanol–water partition coefficient (Wildman–Crippen LogP) is 5.88. The summed E-state index contributed by atoms with van der Waals surface area (Å²) in [5, 5.41) is 6.61. The van der Waals surface area contributed by atoms with Gasteiger partial charge in [0.15, 0.2) is 17.2 Å². The minimum absolute atomic E-state index is 0.135. The third-order valence-electron chi connectivity index (χ3n) is 5.84. The number of anilines is 2. The minimum Gasteiger partial charge on any atom is -0.451 e. The third kappa shape index (κ3) is 4.15. The molecule has 1 fully saturated rings. The summed E-state index contributed by atoms with van der Waals surface area (Å²) in [5.41, 5.74) is 4.29. The Balaban J connectivity index is 1.07. The number of rotatable bonds is 6. The molecule has 34 heavy (non-hydrogen) atoms. The van der Waals surface area contributed by atoms with Gasteiger partial charge < -0.3 is 19.5 Å². The second-order valence-electron chi connectivity index (χ2n) is 8.53. The summed E-state index contributed by atoms with van der Waals surface area (Å²) >= 11 is 0. The maximum atomic E-state index is 12.5. The van der Waals surface area contributed by atoms with E-state index in [1.165, 1.54) is 0 Å². The zero-order valence-electron chi connectivity index (χ0n) is 18.2. The van der Waals surface area contributed by atoms with E-state index in [2.05, 4.69) is 15.6 Å². The Kier molecular flexibility index (Phi) is 4.87. The van der Waals surface area contributed by atoms with Gasteiger partial charge in [-0.2, -0.15) is 0 Å². The molecule has 168 valence electrons. The molecule has 6 rings (SSSR count). The van der Waals surface area contributed by atoms with Crippen molar-refractivity contribution in [1.29, 1.82) is 0 Å². The molecule has 7 nitrogen and oxygen atoms in total. The molecule has 3 aromatic carbocycles. The number of oxazole rings is 1. The summed E-state index contributed by atoms with van der Waals surface area (Å²) < 4.78 is 11.4. The molecule has 1 aliphatic carbocycles. The Morgan fingerprint density at radius 2 is 1.65 bits per heavy atom. The third-order valence-corrected chi connectivity index (χ3v) is 5.84. The number of hydrogen-bond acceptors (Lipinski definition) is 5. The van der Waals surface area contributed by atoms with Crippen molar-refractivity contribution in [1.82, 2.24) is 4.98 Å². The first kappa shape index (κ1) is 20.2. The number of hydrogen-bond donors (Lipinski definition) is 2. The molecule has 7 heteroatoms. The molecule has 2 amide bonds. The molecule has 0 radical (unpaired) electrons. The lowest BCUT2D eigenvalue weighted by atomic mass is 10.1. The van der Waals surface area contributed by atoms with Crippen molar-refractivity contribution in [3.8, 4) is 0 Å². The van der Waals surface area contributed by atoms with E-state index in [4.69, 9.17) is 8.83 Å². The fourth-order valence-electron chi connectivity index (χ4n) is 3.91. The smallest absolute Gasteiger partial charge is 0.291 e. The van der Waals surface area contributed by atoms with Gasteiger partial charge in [0, 0.05) is 22.7 Å². The number of nitrogens with one attached hydrogen (secondary N) is 2. The monoisotopic (exact) mass is 451 g/mol. The van der Waals surface area contributed by atoms with Crippen LogP contribution in [0.2, 0.25) is 0 Å². The van der Waals surface area contributed by atoms with Crippen LogP contribution < -0.4 is 10.6 Å². The van der Waals surface area contributed by atoms with Crippen LogP contribution >= 0.6 is 0 Å². The van der Waals surface area contributed by atoms with Crippen LogP contribution in [-0.4, -0.2) is 16.8 Å². The average Bonchev–Trinajstić information content (AvgIpc) is 3.45. The molecule has 0 atom stereocenters. The van der Waals surface area contributed by atoms with Crippen LogP contribution in [0.3, 0.4) is 0 Å². The molecule has 2 heterocycles. The molecule has 5 aromatic rings. The van der Waals surface area contributed by atoms with E-state index in [0.29, 0.717) is 22.9 Å². The van der Waals surface area contributed by atoms with Gasteiger partial charge in [-0.05, 0) is 60.9 Å². The van der Waals surface area contributed by atoms with Gasteiger partial charge in [0.2, 0.25) is 5.91 Å². The van der Waals surface area contributed by atoms with Crippen LogP contribution in [0.1, 0.15) is 40.8 Å². The first-order valence-corrected chi connectivity index (χ1v) is 11.2. The van der Waals surface area contributed by atoms with Gasteiger partial charge >= 0.3 is 0 Å². The second kappa shape index (κ2) is 8.19. The van der Waals surface area contributed by atoms with E-state index < -0.39 is 0 Å². The van der Waals surface area contributed by atoms with Crippen molar-refractivity contribution >= 4 is 45.3 Å². The molecule has 2 aromatic heterocycles. The van der Waals surface area contributed by atoms with Crippen LogP contribution in [-0.2, 0) is 11.2 Å². The highest BCUT2D eigenvalue weighted by Gasteiger charge is 2.28. The van der Waals surface area contributed by atoms with Crippen molar-refractivity contribution in [2.75, 3.05) is 10.6 Å². The van der Waals surface area contributed by atoms with Crippen LogP contribution in [0.15, 0.2) is 81.6 Å². The Hall–Kier alpha value is -4.39. The van der Waals surface area contributed by atoms with Crippen LogP contribution in [0.4, 0.5) is 11.4 Å². The van der Waals surface area contributed by atoms with E-state index in [0.717, 1.165) is 40.8 Å². The van der Waals surface area contributed by atoms with Gasteiger partial charge in [-0.25, -0.2) is 4.98 Å². The lowest BCUT2D eigenvalue weighted by Gasteiger charge is -2.07. The number of furan rings is 1. The Bertz CT molecular complexity index is 1490. The molecule has 1 saturated carbocycles. The number of para-hydroxylation sites is 1. The van der Waals surface area contributed by atoms with Gasteiger partial charge in [-0.1, -0.05) is 30.3 Å². The molecule has 0 spiro atoms. The summed E-state index contributed by atoms with van der Waals surface area (Å²) in [6, 6.07) is 21.8. The molecule has 0 bridgehead atoms. The summed E-state index contributed by atoms with van der Waals surface area (Å²) in [4.78, 5) is 29.6. The van der Waals surface area contributed by atoms with Gasteiger partial charge in [-0.3, -0.25) is 9.59 Å². The summed E-state index contributed by atoms with van der Waals surface area (Å²) in [7, 11) is 0. The largest absolute Gasteiger partial charge is 0.451 e. The first-order chi connectivity index (χ1) is 16.6. The number of nitrogens with zero attached hydrogens (tertiary/aromatic N) is 1. The Morgan fingerprint density at radius 3 is 2.44 bits per heavy atom. The fourth-order valence-corrected chi connectivity index (χ4v) is 3.91. The molecular weight excluding hydrogens is 430 g/mol. The van der Waals surface area contributed by atoms with Gasteiger partial charge in [0.05, 0.1) is 6.42 Å². The minimum atomic E-state index is -0.324. The average molecular weight is 451 g/mol. The van der Waals surface area contributed by atoms with E-state index >= 15 is 0 Å². The van der Waals surface area contributed by atoms with Crippen molar-refractivity contribution < 1.29 is 18.4 Å². The Morgan fingerprint density at radius 1 is 0.853 bits per heavy atom. The summed E-state index contributed by atoms with van der Waals surface area (Å²) in [6.07, 6.45) is 2.46. The summed E-state index contributed by atoms with van der Waals surface area (Å²) in [5.74, 6) is 1.01. The quantitative estimate of drug-likeness (QED) is 0.336. The number of aromatic nitrogens is 1. The molecule has 0 saturated heterocycles. The number of benzene rings is 3. The molecule has 1 aliphatic rings. The second-order valence-corrected chi connectivity index (χ2v) is 8.53. The summed E-state index contributed by atoms with van der Waals surface area (Å²) in [6.45, 7) is 0.